The zero-order valence-corrected chi connectivity index (χ0v) is 10.5. The van der Waals surface area contributed by atoms with Crippen molar-refractivity contribution in [2.24, 2.45) is 0 Å². The van der Waals surface area contributed by atoms with Gasteiger partial charge in [0, 0.05) is 5.75 Å². The van der Waals surface area contributed by atoms with Crippen molar-refractivity contribution in [3.8, 4) is 5.75 Å². The first-order chi connectivity index (χ1) is 5.43. The van der Waals surface area contributed by atoms with Gasteiger partial charge in [0.15, 0.2) is 0 Å². The molecular weight excluding hydrogens is 240 g/mol. The topological polar surface area (TPSA) is 9.23 Å². The van der Waals surface area contributed by atoms with Gasteiger partial charge < -0.3 is 21.7 Å². The van der Waals surface area contributed by atoms with Crippen LogP contribution < -0.4 is 21.7 Å². The number of benzene rings is 1. The molecule has 1 aromatic rings. The molecule has 0 spiro atoms. The van der Waals surface area contributed by atoms with E-state index in [-0.39, 0.29) is 40.0 Å². The zero-order chi connectivity index (χ0) is 7.94. The molecule has 0 aliphatic rings. The summed E-state index contributed by atoms with van der Waals surface area (Å²) < 4.78 is 5.34. The van der Waals surface area contributed by atoms with Crippen molar-refractivity contribution >= 4 is 23.1 Å². The van der Waals surface area contributed by atoms with Gasteiger partial charge in [-0.15, -0.1) is 18.7 Å². The van der Waals surface area contributed by atoms with E-state index in [1.807, 2.05) is 30.3 Å². The fourth-order valence-electron chi connectivity index (χ4n) is 0.727. The van der Waals surface area contributed by atoms with Crippen LogP contribution in [0.3, 0.4) is 0 Å². The number of halogens is 1. The molecule has 13 heavy (non-hydrogen) atoms. The maximum Gasteiger partial charge on any atom is 2.00 e. The first-order valence-corrected chi connectivity index (χ1v) is 3.63. The van der Waals surface area contributed by atoms with Crippen LogP contribution in [0.4, 0.5) is 0 Å². The summed E-state index contributed by atoms with van der Waals surface area (Å²) in [5, 5.41) is 0. The summed E-state index contributed by atoms with van der Waals surface area (Å²) in [7, 11) is 0. The average Bonchev–Trinajstić information content (AvgIpc) is 2.07. The van der Waals surface area contributed by atoms with Crippen LogP contribution in [-0.2, 0) is 0 Å². The fraction of sp³-hybridized carbons (Fsp3) is 0.200. The van der Waals surface area contributed by atoms with E-state index in [1.54, 1.807) is 0 Å². The number of ether oxygens (including phenoxy) is 1. The fourth-order valence-corrected chi connectivity index (χ4v) is 0.727. The molecule has 0 aromatic heterocycles. The van der Waals surface area contributed by atoms with Crippen LogP contribution >= 0.6 is 0 Å². The Hall–Kier alpha value is 0.00623. The second-order valence-electron chi connectivity index (χ2n) is 2.16. The van der Waals surface area contributed by atoms with Gasteiger partial charge in [0.1, 0.15) is 0 Å². The molecule has 0 aliphatic carbocycles. The van der Waals surface area contributed by atoms with E-state index in [0.717, 1.165) is 12.2 Å². The minimum atomic E-state index is 0. The van der Waals surface area contributed by atoms with E-state index < -0.39 is 0 Å². The first kappa shape index (κ1) is 15.5. The van der Waals surface area contributed by atoms with Gasteiger partial charge in [-0.3, -0.25) is 0 Å². The normalized spacial score (nSPS) is 7.69. The molecule has 0 N–H and O–H groups in total. The van der Waals surface area contributed by atoms with Crippen molar-refractivity contribution in [3.05, 3.63) is 43.0 Å². The van der Waals surface area contributed by atoms with Crippen LogP contribution in [-0.4, -0.2) is 29.7 Å². The molecule has 1 rings (SSSR count). The molecule has 1 aromatic carbocycles. The second kappa shape index (κ2) is 10.1. The van der Waals surface area contributed by atoms with E-state index in [1.165, 1.54) is 0 Å². The van der Waals surface area contributed by atoms with Gasteiger partial charge in [0.2, 0.25) is 0 Å². The number of hydrogen-bond acceptors (Lipinski definition) is 1. The predicted molar refractivity (Wildman–Crippen MR) is 51.3 cm³/mol. The van der Waals surface area contributed by atoms with Gasteiger partial charge in [-0.2, -0.15) is 18.2 Å². The van der Waals surface area contributed by atoms with Crippen molar-refractivity contribution in [3.63, 3.8) is 0 Å². The Morgan fingerprint density at radius 1 is 1.54 bits per heavy atom. The summed E-state index contributed by atoms with van der Waals surface area (Å²) >= 11 is 0. The van der Waals surface area contributed by atoms with Crippen molar-refractivity contribution in [1.82, 2.24) is 0 Å². The Balaban J connectivity index is 0. The van der Waals surface area contributed by atoms with Crippen molar-refractivity contribution < 1.29 is 21.7 Å². The molecule has 0 fully saturated rings. The van der Waals surface area contributed by atoms with E-state index in [9.17, 15) is 0 Å². The van der Waals surface area contributed by atoms with Gasteiger partial charge in [0.25, 0.3) is 0 Å². The molecule has 0 radical (unpaired) electrons. The van der Waals surface area contributed by atoms with Crippen molar-refractivity contribution in [2.75, 3.05) is 6.61 Å². The Morgan fingerprint density at radius 2 is 2.31 bits per heavy atom. The Morgan fingerprint density at radius 3 is 2.85 bits per heavy atom. The monoisotopic (exact) mass is 250 g/mol. The van der Waals surface area contributed by atoms with Crippen LogP contribution in [0.5, 0.6) is 5.75 Å². The zero-order valence-electron chi connectivity index (χ0n) is 7.50. The largest absolute Gasteiger partial charge is 2.00 e. The molecule has 3 heteroatoms. The summed E-state index contributed by atoms with van der Waals surface area (Å²) in [6, 6.07) is 10.4. The smallest absolute Gasteiger partial charge is 1.00 e. The van der Waals surface area contributed by atoms with Gasteiger partial charge in [-0.25, -0.2) is 0 Å². The van der Waals surface area contributed by atoms with E-state index in [0.29, 0.717) is 6.61 Å². The first-order valence-electron chi connectivity index (χ1n) is 3.63. The van der Waals surface area contributed by atoms with Gasteiger partial charge in [-0.1, -0.05) is 6.08 Å². The van der Waals surface area contributed by atoms with Crippen LogP contribution in [0.15, 0.2) is 36.9 Å². The van der Waals surface area contributed by atoms with Gasteiger partial charge in [0.05, 0.1) is 6.61 Å². The quantitative estimate of drug-likeness (QED) is 0.291. The molecular formula is C10H11BrMgO. The second-order valence-corrected chi connectivity index (χ2v) is 2.16. The molecule has 0 saturated heterocycles. The van der Waals surface area contributed by atoms with Gasteiger partial charge in [-0.05, 0) is 6.42 Å². The third-order valence-corrected chi connectivity index (χ3v) is 1.27. The van der Waals surface area contributed by atoms with Crippen LogP contribution in [0.1, 0.15) is 6.42 Å². The third-order valence-electron chi connectivity index (χ3n) is 1.27. The molecule has 0 amide bonds. The van der Waals surface area contributed by atoms with Crippen LogP contribution in [0, 0.1) is 6.07 Å². The predicted octanol–water partition coefficient (Wildman–Crippen LogP) is -0.935. The maximum absolute atomic E-state index is 5.34. The molecule has 0 unspecified atom stereocenters. The van der Waals surface area contributed by atoms with Crippen LogP contribution in [0.2, 0.25) is 0 Å². The summed E-state index contributed by atoms with van der Waals surface area (Å²) in [4.78, 5) is 0. The van der Waals surface area contributed by atoms with Crippen LogP contribution in [0.25, 0.3) is 0 Å². The summed E-state index contributed by atoms with van der Waals surface area (Å²) in [6.45, 7) is 4.30. The summed E-state index contributed by atoms with van der Waals surface area (Å²) in [5.41, 5.74) is 0. The molecule has 1 nitrogen and oxygen atoms in total. The van der Waals surface area contributed by atoms with E-state index in [4.69, 9.17) is 4.74 Å². The summed E-state index contributed by atoms with van der Waals surface area (Å²) in [6.07, 6.45) is 2.72. The molecule has 66 valence electrons. The number of hydrogen-bond donors (Lipinski definition) is 0. The van der Waals surface area contributed by atoms with E-state index >= 15 is 0 Å². The average molecular weight is 251 g/mol. The standard InChI is InChI=1S/C10H11O.BrH.Mg/c1-2-3-9-11-10-7-5-4-6-8-10;;/h2,4-5,7-8H,1,3,9H2;1H;/q-1;;+2/p-1. The maximum atomic E-state index is 5.34. The Bertz CT molecular complexity index is 213. The minimum absolute atomic E-state index is 0. The molecule has 0 atom stereocenters. The third kappa shape index (κ3) is 7.11. The Kier molecular flexibility index (Phi) is 12.0. The summed E-state index contributed by atoms with van der Waals surface area (Å²) in [5.74, 6) is 0.870. The Labute approximate surface area is 106 Å². The molecule has 0 aliphatic heterocycles. The van der Waals surface area contributed by atoms with Crippen molar-refractivity contribution in [1.29, 1.82) is 0 Å². The molecule has 0 saturated carbocycles. The van der Waals surface area contributed by atoms with Crippen molar-refractivity contribution in [2.45, 2.75) is 6.42 Å². The molecule has 0 heterocycles. The SMILES string of the molecule is C=CCCOc1c[c-]ccc1.[Br-].[Mg+2]. The molecule has 0 bridgehead atoms. The van der Waals surface area contributed by atoms with E-state index in [2.05, 4.69) is 12.6 Å². The number of rotatable bonds is 4. The minimum Gasteiger partial charge on any atom is -1.00 e. The van der Waals surface area contributed by atoms with Gasteiger partial charge >= 0.3 is 23.1 Å².